The zero-order valence-electron chi connectivity index (χ0n) is 9.78. The fourth-order valence-corrected chi connectivity index (χ4v) is 3.24. The van der Waals surface area contributed by atoms with Crippen LogP contribution in [-0.4, -0.2) is 24.0 Å². The molecule has 1 saturated carbocycles. The topological polar surface area (TPSA) is 49.9 Å². The summed E-state index contributed by atoms with van der Waals surface area (Å²) >= 11 is 0. The van der Waals surface area contributed by atoms with Crippen molar-refractivity contribution in [3.63, 3.8) is 0 Å². The summed E-state index contributed by atoms with van der Waals surface area (Å²) in [5.74, 6) is -0.432. The molecule has 0 bridgehead atoms. The summed E-state index contributed by atoms with van der Waals surface area (Å²) in [4.78, 5) is 26.1. The number of benzene rings is 1. The van der Waals surface area contributed by atoms with Crippen LogP contribution in [0.1, 0.15) is 12.8 Å². The molecule has 0 radical (unpaired) electrons. The standard InChI is InChI=1S/C14H13NO3/c16-13-9-6-11-12(18-11)7-10(9)14(17)15(13)8-4-2-1-3-5-8/h1-5,9-12H,6-7H2/t9-,10+,11?,12?. The number of imide groups is 1. The van der Waals surface area contributed by atoms with E-state index in [4.69, 9.17) is 4.74 Å². The van der Waals surface area contributed by atoms with Crippen LogP contribution in [0.3, 0.4) is 0 Å². The van der Waals surface area contributed by atoms with Crippen molar-refractivity contribution in [2.75, 3.05) is 4.90 Å². The number of amides is 2. The van der Waals surface area contributed by atoms with Gasteiger partial charge in [0.05, 0.1) is 29.7 Å². The second-order valence-corrected chi connectivity index (χ2v) is 5.24. The number of epoxide rings is 1. The van der Waals surface area contributed by atoms with Crippen molar-refractivity contribution in [2.24, 2.45) is 11.8 Å². The van der Waals surface area contributed by atoms with Gasteiger partial charge in [0, 0.05) is 0 Å². The van der Waals surface area contributed by atoms with Crippen molar-refractivity contribution in [1.82, 2.24) is 0 Å². The van der Waals surface area contributed by atoms with Crippen LogP contribution >= 0.6 is 0 Å². The molecule has 2 saturated heterocycles. The highest BCUT2D eigenvalue weighted by Gasteiger charge is 2.58. The SMILES string of the molecule is O=C1[C@H]2CC3OC3C[C@H]2C(=O)N1c1ccccc1. The van der Waals surface area contributed by atoms with Crippen LogP contribution in [0.25, 0.3) is 0 Å². The minimum Gasteiger partial charge on any atom is -0.370 e. The average Bonchev–Trinajstić information content (AvgIpc) is 3.11. The molecule has 1 aromatic carbocycles. The van der Waals surface area contributed by atoms with Crippen molar-refractivity contribution in [3.05, 3.63) is 30.3 Å². The van der Waals surface area contributed by atoms with Crippen LogP contribution in [0.4, 0.5) is 5.69 Å². The van der Waals surface area contributed by atoms with Gasteiger partial charge >= 0.3 is 0 Å². The first-order chi connectivity index (χ1) is 8.75. The first-order valence-electron chi connectivity index (χ1n) is 6.34. The fraction of sp³-hybridized carbons (Fsp3) is 0.429. The third kappa shape index (κ3) is 1.29. The van der Waals surface area contributed by atoms with Crippen LogP contribution in [0, 0.1) is 11.8 Å². The third-order valence-electron chi connectivity index (χ3n) is 4.24. The zero-order chi connectivity index (χ0) is 12.3. The molecule has 4 heteroatoms. The molecule has 0 spiro atoms. The second-order valence-electron chi connectivity index (χ2n) is 5.24. The first kappa shape index (κ1) is 10.3. The molecule has 4 nitrogen and oxygen atoms in total. The lowest BCUT2D eigenvalue weighted by Crippen LogP contribution is -2.30. The van der Waals surface area contributed by atoms with E-state index in [9.17, 15) is 9.59 Å². The molecule has 1 aliphatic carbocycles. The van der Waals surface area contributed by atoms with Gasteiger partial charge in [0.1, 0.15) is 0 Å². The van der Waals surface area contributed by atoms with Gasteiger partial charge in [0.2, 0.25) is 11.8 Å². The monoisotopic (exact) mass is 243 g/mol. The second kappa shape index (κ2) is 3.42. The van der Waals surface area contributed by atoms with Crippen LogP contribution < -0.4 is 4.90 Å². The molecule has 92 valence electrons. The first-order valence-corrected chi connectivity index (χ1v) is 6.34. The molecule has 2 unspecified atom stereocenters. The number of nitrogens with zero attached hydrogens (tertiary/aromatic N) is 1. The molecule has 2 amide bonds. The highest BCUT2D eigenvalue weighted by Crippen LogP contribution is 2.47. The summed E-state index contributed by atoms with van der Waals surface area (Å²) in [6.07, 6.45) is 1.87. The number of ether oxygens (including phenoxy) is 1. The molecule has 3 fully saturated rings. The quantitative estimate of drug-likeness (QED) is 0.552. The minimum absolute atomic E-state index is 0.0508. The minimum atomic E-state index is -0.165. The van der Waals surface area contributed by atoms with Crippen LogP contribution in [0.15, 0.2) is 30.3 Å². The molecule has 4 rings (SSSR count). The predicted octanol–water partition coefficient (Wildman–Crippen LogP) is 1.35. The van der Waals surface area contributed by atoms with E-state index >= 15 is 0 Å². The van der Waals surface area contributed by atoms with Crippen molar-refractivity contribution >= 4 is 17.5 Å². The lowest BCUT2D eigenvalue weighted by Gasteiger charge is -2.16. The van der Waals surface area contributed by atoms with E-state index in [1.54, 1.807) is 0 Å². The van der Waals surface area contributed by atoms with Gasteiger partial charge in [-0.3, -0.25) is 14.5 Å². The van der Waals surface area contributed by atoms with Crippen LogP contribution in [0.2, 0.25) is 0 Å². The molecule has 2 heterocycles. The van der Waals surface area contributed by atoms with E-state index in [1.165, 1.54) is 4.90 Å². The van der Waals surface area contributed by atoms with Gasteiger partial charge in [-0.1, -0.05) is 18.2 Å². The molecular formula is C14H13NO3. The number of carbonyl (C=O) groups is 2. The summed E-state index contributed by atoms with van der Waals surface area (Å²) < 4.78 is 5.43. The maximum Gasteiger partial charge on any atom is 0.237 e. The molecule has 18 heavy (non-hydrogen) atoms. The van der Waals surface area contributed by atoms with E-state index < -0.39 is 0 Å². The number of hydrogen-bond donors (Lipinski definition) is 0. The van der Waals surface area contributed by atoms with Crippen LogP contribution in [0.5, 0.6) is 0 Å². The van der Waals surface area contributed by atoms with Gasteiger partial charge in [-0.2, -0.15) is 0 Å². The Balaban J connectivity index is 1.70. The third-order valence-corrected chi connectivity index (χ3v) is 4.24. The number of carbonyl (C=O) groups excluding carboxylic acids is 2. The van der Waals surface area contributed by atoms with Gasteiger partial charge in [-0.15, -0.1) is 0 Å². The molecule has 3 aliphatic rings. The highest BCUT2D eigenvalue weighted by atomic mass is 16.6. The van der Waals surface area contributed by atoms with E-state index in [1.807, 2.05) is 30.3 Å². The van der Waals surface area contributed by atoms with E-state index in [0.717, 1.165) is 0 Å². The van der Waals surface area contributed by atoms with Crippen molar-refractivity contribution in [1.29, 1.82) is 0 Å². The Morgan fingerprint density at radius 2 is 1.50 bits per heavy atom. The average molecular weight is 243 g/mol. The summed E-state index contributed by atoms with van der Waals surface area (Å²) in [5.41, 5.74) is 0.691. The van der Waals surface area contributed by atoms with Gasteiger partial charge in [0.25, 0.3) is 0 Å². The molecule has 2 aliphatic heterocycles. The Morgan fingerprint density at radius 1 is 0.944 bits per heavy atom. The summed E-state index contributed by atoms with van der Waals surface area (Å²) in [6, 6.07) is 9.19. The fourth-order valence-electron chi connectivity index (χ4n) is 3.24. The van der Waals surface area contributed by atoms with E-state index in [0.29, 0.717) is 18.5 Å². The van der Waals surface area contributed by atoms with Gasteiger partial charge < -0.3 is 4.74 Å². The van der Waals surface area contributed by atoms with Crippen molar-refractivity contribution < 1.29 is 14.3 Å². The van der Waals surface area contributed by atoms with E-state index in [2.05, 4.69) is 0 Å². The highest BCUT2D eigenvalue weighted by molar-refractivity contribution is 6.22. The Bertz CT molecular complexity index is 499. The number of hydrogen-bond acceptors (Lipinski definition) is 3. The number of rotatable bonds is 1. The van der Waals surface area contributed by atoms with Crippen molar-refractivity contribution in [3.8, 4) is 0 Å². The molecular weight excluding hydrogens is 230 g/mol. The largest absolute Gasteiger partial charge is 0.370 e. The number of anilines is 1. The Morgan fingerprint density at radius 3 is 2.06 bits per heavy atom. The molecule has 0 aromatic heterocycles. The maximum atomic E-state index is 12.4. The predicted molar refractivity (Wildman–Crippen MR) is 63.8 cm³/mol. The Labute approximate surface area is 105 Å². The normalized spacial score (nSPS) is 37.4. The Kier molecular flexibility index (Phi) is 1.95. The lowest BCUT2D eigenvalue weighted by atomic mass is 9.81. The van der Waals surface area contributed by atoms with Crippen molar-refractivity contribution in [2.45, 2.75) is 25.0 Å². The number of fused-ring (bicyclic) bond motifs is 2. The number of para-hydroxylation sites is 1. The summed E-state index contributed by atoms with van der Waals surface area (Å²) in [5, 5.41) is 0. The zero-order valence-corrected chi connectivity index (χ0v) is 9.78. The van der Waals surface area contributed by atoms with E-state index in [-0.39, 0.29) is 35.9 Å². The molecule has 0 N–H and O–H groups in total. The van der Waals surface area contributed by atoms with Gasteiger partial charge in [-0.25, -0.2) is 0 Å². The van der Waals surface area contributed by atoms with Crippen LogP contribution in [-0.2, 0) is 14.3 Å². The van der Waals surface area contributed by atoms with Gasteiger partial charge in [-0.05, 0) is 25.0 Å². The van der Waals surface area contributed by atoms with Gasteiger partial charge in [0.15, 0.2) is 0 Å². The molecule has 4 atom stereocenters. The lowest BCUT2D eigenvalue weighted by molar-refractivity contribution is -0.122. The summed E-state index contributed by atoms with van der Waals surface area (Å²) in [7, 11) is 0. The maximum absolute atomic E-state index is 12.4. The summed E-state index contributed by atoms with van der Waals surface area (Å²) in [6.45, 7) is 0. The smallest absolute Gasteiger partial charge is 0.237 e. The Hall–Kier alpha value is -1.68. The molecule has 1 aromatic rings.